The van der Waals surface area contributed by atoms with Crippen LogP contribution in [-0.4, -0.2) is 59.3 Å². The van der Waals surface area contributed by atoms with Crippen molar-refractivity contribution in [1.29, 1.82) is 0 Å². The molecule has 0 radical (unpaired) electrons. The summed E-state index contributed by atoms with van der Waals surface area (Å²) in [5, 5.41) is 24.2. The molecule has 39 heavy (non-hydrogen) atoms. The summed E-state index contributed by atoms with van der Waals surface area (Å²) in [5.41, 5.74) is 7.61. The highest BCUT2D eigenvalue weighted by atomic mass is 16.5. The van der Waals surface area contributed by atoms with Crippen LogP contribution in [0.4, 0.5) is 21.9 Å². The first-order valence-corrected chi connectivity index (χ1v) is 12.3. The Kier molecular flexibility index (Phi) is 8.40. The molecule has 204 valence electrons. The number of nitrogens with zero attached hydrogens (tertiary/aromatic N) is 1. The van der Waals surface area contributed by atoms with Crippen LogP contribution < -0.4 is 25.8 Å². The van der Waals surface area contributed by atoms with Gasteiger partial charge in [0.1, 0.15) is 23.9 Å². The van der Waals surface area contributed by atoms with Crippen LogP contribution in [0, 0.1) is 0 Å². The Bertz CT molecular complexity index is 1380. The molecule has 0 bridgehead atoms. The Hall–Kier alpha value is -4.93. The number of amides is 3. The van der Waals surface area contributed by atoms with Crippen molar-refractivity contribution in [2.45, 2.75) is 25.3 Å². The number of carboxylic acid groups (broad SMARTS) is 1. The molecule has 1 aliphatic rings. The van der Waals surface area contributed by atoms with Crippen LogP contribution in [0.15, 0.2) is 60.7 Å². The average molecular weight is 535 g/mol. The number of ether oxygens (including phenoxy) is 2. The van der Waals surface area contributed by atoms with Gasteiger partial charge in [0.15, 0.2) is 0 Å². The highest BCUT2D eigenvalue weighted by molar-refractivity contribution is 6.01. The molecule has 11 nitrogen and oxygen atoms in total. The highest BCUT2D eigenvalue weighted by Crippen LogP contribution is 2.29. The van der Waals surface area contributed by atoms with Crippen LogP contribution in [0.5, 0.6) is 17.2 Å². The van der Waals surface area contributed by atoms with Gasteiger partial charge in [-0.05, 0) is 60.9 Å². The van der Waals surface area contributed by atoms with Crippen molar-refractivity contribution in [3.63, 3.8) is 0 Å². The van der Waals surface area contributed by atoms with Crippen LogP contribution in [0.3, 0.4) is 0 Å². The van der Waals surface area contributed by atoms with Crippen molar-refractivity contribution in [1.82, 2.24) is 4.90 Å². The summed E-state index contributed by atoms with van der Waals surface area (Å²) in [7, 11) is 1.47. The van der Waals surface area contributed by atoms with E-state index in [0.717, 1.165) is 12.8 Å². The molecule has 1 saturated heterocycles. The summed E-state index contributed by atoms with van der Waals surface area (Å²) in [6.07, 6.45) is 1.75. The second kappa shape index (κ2) is 12.1. The van der Waals surface area contributed by atoms with E-state index in [1.54, 1.807) is 41.3 Å². The van der Waals surface area contributed by atoms with Crippen LogP contribution in [0.25, 0.3) is 0 Å². The summed E-state index contributed by atoms with van der Waals surface area (Å²) < 4.78 is 11.3. The third-order valence-electron chi connectivity index (χ3n) is 6.41. The van der Waals surface area contributed by atoms with Gasteiger partial charge in [0.2, 0.25) is 5.91 Å². The average Bonchev–Trinajstić information content (AvgIpc) is 3.39. The number of nitrogens with one attached hydrogen (secondary N) is 2. The minimum absolute atomic E-state index is 0.0568. The molecule has 0 spiro atoms. The number of likely N-dealkylation sites (tertiary alicyclic amines) is 1. The first-order valence-electron chi connectivity index (χ1n) is 12.3. The Morgan fingerprint density at radius 1 is 1.03 bits per heavy atom. The molecule has 3 amide bonds. The molecule has 1 fully saturated rings. The van der Waals surface area contributed by atoms with Crippen LogP contribution in [0.2, 0.25) is 0 Å². The fourth-order valence-corrected chi connectivity index (χ4v) is 4.42. The molecule has 1 aliphatic heterocycles. The summed E-state index contributed by atoms with van der Waals surface area (Å²) in [4.78, 5) is 38.5. The fraction of sp³-hybridized carbons (Fsp3) is 0.250. The summed E-state index contributed by atoms with van der Waals surface area (Å²) in [5.74, 6) is -0.445. The van der Waals surface area contributed by atoms with E-state index in [1.807, 2.05) is 0 Å². The monoisotopic (exact) mass is 534 g/mol. The van der Waals surface area contributed by atoms with Crippen LogP contribution in [-0.2, 0) is 11.2 Å². The molecule has 4 rings (SSSR count). The van der Waals surface area contributed by atoms with E-state index in [2.05, 4.69) is 10.6 Å². The number of para-hydroxylation sites is 2. The van der Waals surface area contributed by atoms with E-state index in [-0.39, 0.29) is 47.7 Å². The number of aromatic carboxylic acids is 1. The molecule has 0 saturated carbocycles. The fourth-order valence-electron chi connectivity index (χ4n) is 4.42. The maximum absolute atomic E-state index is 13.2. The Labute approximate surface area is 225 Å². The number of hydrogen-bond donors (Lipinski definition) is 5. The molecular formula is C28H30N4O7. The SMILES string of the molecule is COc1cc(CC(=O)N2CCCC2COc2ccc(C(=O)O)cc2N)ccc1NC(=O)Nc1ccccc1O. The number of anilines is 3. The molecule has 1 unspecified atom stereocenters. The molecule has 11 heteroatoms. The van der Waals surface area contributed by atoms with Gasteiger partial charge in [0, 0.05) is 6.54 Å². The number of rotatable bonds is 9. The molecule has 3 aromatic carbocycles. The number of nitrogen functional groups attached to an aromatic ring is 1. The number of hydrogen-bond acceptors (Lipinski definition) is 7. The smallest absolute Gasteiger partial charge is 0.335 e. The summed E-state index contributed by atoms with van der Waals surface area (Å²) in [6.45, 7) is 0.837. The van der Waals surface area contributed by atoms with Crippen molar-refractivity contribution in [3.05, 3.63) is 71.8 Å². The van der Waals surface area contributed by atoms with Gasteiger partial charge in [-0.3, -0.25) is 4.79 Å². The first kappa shape index (κ1) is 27.1. The zero-order chi connectivity index (χ0) is 27.9. The van der Waals surface area contributed by atoms with Crippen molar-refractivity contribution < 1.29 is 34.1 Å². The zero-order valence-electron chi connectivity index (χ0n) is 21.3. The molecular weight excluding hydrogens is 504 g/mol. The molecule has 1 atom stereocenters. The number of nitrogens with two attached hydrogens (primary N) is 1. The lowest BCUT2D eigenvalue weighted by Crippen LogP contribution is -2.40. The van der Waals surface area contributed by atoms with Crippen LogP contribution in [0.1, 0.15) is 28.8 Å². The minimum Gasteiger partial charge on any atom is -0.506 e. The standard InChI is InChI=1S/C28H30N4O7/c1-38-25-13-17(8-10-22(25)31-28(37)30-21-6-2-3-7-23(21)33)14-26(34)32-12-4-5-19(32)16-39-24-11-9-18(27(35)36)15-20(24)29/h2-3,6-11,13,15,19,33H,4-5,12,14,16,29H2,1H3,(H,35,36)(H2,30,31,37). The second-order valence-electron chi connectivity index (χ2n) is 9.06. The van der Waals surface area contributed by atoms with E-state index in [9.17, 15) is 19.5 Å². The van der Waals surface area contributed by atoms with Gasteiger partial charge in [0.05, 0.1) is 42.2 Å². The van der Waals surface area contributed by atoms with Gasteiger partial charge in [-0.15, -0.1) is 0 Å². The molecule has 0 aromatic heterocycles. The lowest BCUT2D eigenvalue weighted by Gasteiger charge is -2.25. The van der Waals surface area contributed by atoms with Gasteiger partial charge in [-0.25, -0.2) is 9.59 Å². The van der Waals surface area contributed by atoms with E-state index in [4.69, 9.17) is 20.3 Å². The summed E-state index contributed by atoms with van der Waals surface area (Å²) >= 11 is 0. The van der Waals surface area contributed by atoms with Gasteiger partial charge in [-0.1, -0.05) is 18.2 Å². The number of aromatic hydroxyl groups is 1. The zero-order valence-corrected chi connectivity index (χ0v) is 21.3. The molecule has 6 N–H and O–H groups in total. The second-order valence-corrected chi connectivity index (χ2v) is 9.06. The van der Waals surface area contributed by atoms with Crippen LogP contribution >= 0.6 is 0 Å². The predicted molar refractivity (Wildman–Crippen MR) is 145 cm³/mol. The number of carbonyl (C=O) groups excluding carboxylic acids is 2. The Morgan fingerprint density at radius 3 is 2.51 bits per heavy atom. The van der Waals surface area contributed by atoms with E-state index in [0.29, 0.717) is 29.3 Å². The number of benzene rings is 3. The first-order chi connectivity index (χ1) is 18.7. The molecule has 0 aliphatic carbocycles. The van der Waals surface area contributed by atoms with Gasteiger partial charge >= 0.3 is 12.0 Å². The maximum Gasteiger partial charge on any atom is 0.335 e. The van der Waals surface area contributed by atoms with E-state index >= 15 is 0 Å². The molecule has 1 heterocycles. The third-order valence-corrected chi connectivity index (χ3v) is 6.41. The van der Waals surface area contributed by atoms with Gasteiger partial charge < -0.3 is 41.0 Å². The predicted octanol–water partition coefficient (Wildman–Crippen LogP) is 3.94. The van der Waals surface area contributed by atoms with Gasteiger partial charge in [0.25, 0.3) is 0 Å². The number of phenolic OH excluding ortho intramolecular Hbond substituents is 1. The van der Waals surface area contributed by atoms with Crippen molar-refractivity contribution in [2.75, 3.05) is 36.6 Å². The van der Waals surface area contributed by atoms with E-state index in [1.165, 1.54) is 31.4 Å². The third kappa shape index (κ3) is 6.69. The lowest BCUT2D eigenvalue weighted by molar-refractivity contribution is -0.131. The number of methoxy groups -OCH3 is 1. The number of urea groups is 1. The maximum atomic E-state index is 13.2. The largest absolute Gasteiger partial charge is 0.506 e. The lowest BCUT2D eigenvalue weighted by atomic mass is 10.1. The number of phenols is 1. The minimum atomic E-state index is -1.07. The quantitative estimate of drug-likeness (QED) is 0.204. The van der Waals surface area contributed by atoms with E-state index < -0.39 is 12.0 Å². The number of carbonyl (C=O) groups is 3. The normalized spacial score (nSPS) is 14.5. The van der Waals surface area contributed by atoms with Gasteiger partial charge in [-0.2, -0.15) is 0 Å². The van der Waals surface area contributed by atoms with Crippen molar-refractivity contribution in [3.8, 4) is 17.2 Å². The van der Waals surface area contributed by atoms with Crippen molar-refractivity contribution >= 4 is 35.0 Å². The van der Waals surface area contributed by atoms with Crippen molar-refractivity contribution in [2.24, 2.45) is 0 Å². The molecule has 3 aromatic rings. The summed E-state index contributed by atoms with van der Waals surface area (Å²) in [6, 6.07) is 15.0. The Morgan fingerprint density at radius 2 is 1.79 bits per heavy atom. The Balaban J connectivity index is 1.36. The number of carboxylic acids is 1. The topological polar surface area (TPSA) is 163 Å². The highest BCUT2D eigenvalue weighted by Gasteiger charge is 2.29.